The minimum absolute atomic E-state index is 0.132. The Balaban J connectivity index is 2.25. The van der Waals surface area contributed by atoms with Gasteiger partial charge in [0.1, 0.15) is 17.4 Å². The van der Waals surface area contributed by atoms with Gasteiger partial charge in [0, 0.05) is 5.69 Å². The Bertz CT molecular complexity index is 998. The van der Waals surface area contributed by atoms with Gasteiger partial charge in [-0.2, -0.15) is 5.26 Å². The van der Waals surface area contributed by atoms with Gasteiger partial charge < -0.3 is 15.2 Å². The van der Waals surface area contributed by atoms with Gasteiger partial charge in [-0.05, 0) is 80.5 Å². The van der Waals surface area contributed by atoms with E-state index < -0.39 is 18.5 Å². The van der Waals surface area contributed by atoms with Crippen molar-refractivity contribution in [2.24, 2.45) is 0 Å². The topological polar surface area (TPSA) is 99.4 Å². The average Bonchev–Trinajstić information content (AvgIpc) is 2.61. The number of carbonyl (C=O) groups excluding carboxylic acids is 1. The molecule has 0 aliphatic carbocycles. The second-order valence-electron chi connectivity index (χ2n) is 5.25. The summed E-state index contributed by atoms with van der Waals surface area (Å²) in [5.41, 5.74) is 0.821. The number of nitrogens with one attached hydrogen (secondary N) is 1. The summed E-state index contributed by atoms with van der Waals surface area (Å²) >= 11 is 17.0. The Labute approximate surface area is 192 Å². The highest BCUT2D eigenvalue weighted by molar-refractivity contribution is 14.1. The number of hydrogen-bond donors (Lipinski definition) is 2. The Morgan fingerprint density at radius 2 is 2.00 bits per heavy atom. The molecular formula is C18H10BrCl2IN2O4. The van der Waals surface area contributed by atoms with Crippen LogP contribution in [0, 0.1) is 14.9 Å². The molecule has 2 aromatic carbocycles. The zero-order valence-electron chi connectivity index (χ0n) is 13.8. The summed E-state index contributed by atoms with van der Waals surface area (Å²) in [4.78, 5) is 23.0. The number of carboxylic acids is 1. The number of carboxylic acid groups (broad SMARTS) is 1. The maximum Gasteiger partial charge on any atom is 0.341 e. The minimum atomic E-state index is -1.10. The van der Waals surface area contributed by atoms with Crippen molar-refractivity contribution in [3.63, 3.8) is 0 Å². The van der Waals surface area contributed by atoms with Crippen LogP contribution in [-0.2, 0) is 9.59 Å². The first-order valence-electron chi connectivity index (χ1n) is 7.43. The van der Waals surface area contributed by atoms with Crippen LogP contribution in [0.25, 0.3) is 6.08 Å². The third kappa shape index (κ3) is 6.10. The minimum Gasteiger partial charge on any atom is -0.480 e. The molecule has 10 heteroatoms. The fraction of sp³-hybridized carbons (Fsp3) is 0.0556. The van der Waals surface area contributed by atoms with E-state index in [4.69, 9.17) is 33.0 Å². The standard InChI is InChI=1S/C18H10BrCl2IN2O4/c19-12-4-9(5-15(22)17(12)28-8-16(25)26)3-10(7-23)18(27)24-11-1-2-13(20)14(21)6-11/h1-6H,8H2,(H,24,27)(H,25,26)/b10-3+. The molecule has 0 fully saturated rings. The Hall–Kier alpha value is -1.80. The van der Waals surface area contributed by atoms with E-state index in [9.17, 15) is 14.9 Å². The Morgan fingerprint density at radius 1 is 1.29 bits per heavy atom. The average molecular weight is 596 g/mol. The molecule has 0 aliphatic rings. The number of benzene rings is 2. The van der Waals surface area contributed by atoms with E-state index in [0.717, 1.165) is 0 Å². The summed E-state index contributed by atoms with van der Waals surface area (Å²) in [5, 5.41) is 21.3. The van der Waals surface area contributed by atoms with Gasteiger partial charge in [-0.15, -0.1) is 0 Å². The molecule has 0 radical (unpaired) electrons. The van der Waals surface area contributed by atoms with Crippen LogP contribution in [0.1, 0.15) is 5.56 Å². The fourth-order valence-corrected chi connectivity index (χ4v) is 4.09. The quantitative estimate of drug-likeness (QED) is 0.266. The zero-order chi connectivity index (χ0) is 20.8. The molecule has 28 heavy (non-hydrogen) atoms. The molecule has 0 aromatic heterocycles. The molecule has 2 rings (SSSR count). The summed E-state index contributed by atoms with van der Waals surface area (Å²) in [5.74, 6) is -1.35. The first-order valence-corrected chi connectivity index (χ1v) is 10.1. The van der Waals surface area contributed by atoms with Gasteiger partial charge in [0.2, 0.25) is 0 Å². The second kappa shape index (κ2) is 10.1. The smallest absolute Gasteiger partial charge is 0.341 e. The number of halogens is 4. The van der Waals surface area contributed by atoms with Crippen LogP contribution < -0.4 is 10.1 Å². The van der Waals surface area contributed by atoms with Crippen molar-refractivity contribution in [3.05, 3.63) is 59.6 Å². The zero-order valence-corrected chi connectivity index (χ0v) is 19.1. The molecule has 2 N–H and O–H groups in total. The van der Waals surface area contributed by atoms with Crippen molar-refractivity contribution in [3.8, 4) is 11.8 Å². The van der Waals surface area contributed by atoms with E-state index in [0.29, 0.717) is 30.1 Å². The van der Waals surface area contributed by atoms with Gasteiger partial charge in [-0.1, -0.05) is 23.2 Å². The molecule has 0 aliphatic heterocycles. The molecule has 0 spiro atoms. The van der Waals surface area contributed by atoms with Crippen LogP contribution >= 0.6 is 61.7 Å². The number of anilines is 1. The summed E-state index contributed by atoms with van der Waals surface area (Å²) in [6.45, 7) is -0.487. The van der Waals surface area contributed by atoms with Crippen molar-refractivity contribution < 1.29 is 19.4 Å². The van der Waals surface area contributed by atoms with Gasteiger partial charge in [-0.3, -0.25) is 4.79 Å². The number of hydrogen-bond acceptors (Lipinski definition) is 4. The predicted octanol–water partition coefficient (Wildman–Crippen LogP) is 5.37. The highest BCUT2D eigenvalue weighted by atomic mass is 127. The molecule has 2 aromatic rings. The second-order valence-corrected chi connectivity index (χ2v) is 8.08. The van der Waals surface area contributed by atoms with Crippen LogP contribution in [0.5, 0.6) is 5.75 Å². The predicted molar refractivity (Wildman–Crippen MR) is 119 cm³/mol. The number of amides is 1. The summed E-state index contributed by atoms with van der Waals surface area (Å²) in [7, 11) is 0. The highest BCUT2D eigenvalue weighted by Crippen LogP contribution is 2.33. The Morgan fingerprint density at radius 3 is 2.57 bits per heavy atom. The molecule has 0 atom stereocenters. The normalized spacial score (nSPS) is 10.9. The van der Waals surface area contributed by atoms with Gasteiger partial charge in [0.15, 0.2) is 6.61 Å². The third-order valence-electron chi connectivity index (χ3n) is 3.21. The van der Waals surface area contributed by atoms with Crippen LogP contribution in [0.2, 0.25) is 10.0 Å². The van der Waals surface area contributed by atoms with E-state index >= 15 is 0 Å². The van der Waals surface area contributed by atoms with Crippen LogP contribution in [-0.4, -0.2) is 23.6 Å². The molecule has 0 saturated carbocycles. The molecule has 1 amide bonds. The monoisotopic (exact) mass is 594 g/mol. The molecule has 0 saturated heterocycles. The number of carbonyl (C=O) groups is 2. The SMILES string of the molecule is N#C/C(=C\c1cc(Br)c(OCC(=O)O)c(I)c1)C(=O)Nc1ccc(Cl)c(Cl)c1. The van der Waals surface area contributed by atoms with Crippen molar-refractivity contribution in [1.29, 1.82) is 5.26 Å². The van der Waals surface area contributed by atoms with Gasteiger partial charge in [0.05, 0.1) is 18.1 Å². The van der Waals surface area contributed by atoms with E-state index in [-0.39, 0.29) is 10.6 Å². The number of rotatable bonds is 6. The lowest BCUT2D eigenvalue weighted by molar-refractivity contribution is -0.139. The van der Waals surface area contributed by atoms with E-state index in [1.807, 2.05) is 28.7 Å². The van der Waals surface area contributed by atoms with Crippen LogP contribution in [0.3, 0.4) is 0 Å². The molecule has 0 bridgehead atoms. The number of aliphatic carboxylic acids is 1. The first kappa shape index (κ1) is 22.5. The van der Waals surface area contributed by atoms with E-state index in [2.05, 4.69) is 21.2 Å². The molecular weight excluding hydrogens is 586 g/mol. The van der Waals surface area contributed by atoms with Gasteiger partial charge in [0.25, 0.3) is 5.91 Å². The van der Waals surface area contributed by atoms with Gasteiger partial charge in [-0.25, -0.2) is 4.79 Å². The maximum absolute atomic E-state index is 12.4. The summed E-state index contributed by atoms with van der Waals surface area (Å²) in [6, 6.07) is 9.70. The van der Waals surface area contributed by atoms with Crippen LogP contribution in [0.4, 0.5) is 5.69 Å². The molecule has 144 valence electrons. The van der Waals surface area contributed by atoms with Crippen molar-refractivity contribution >= 4 is 85.4 Å². The number of nitrogens with zero attached hydrogens (tertiary/aromatic N) is 1. The summed E-state index contributed by atoms with van der Waals surface area (Å²) < 4.78 is 6.33. The van der Waals surface area contributed by atoms with Crippen molar-refractivity contribution in [1.82, 2.24) is 0 Å². The number of ether oxygens (including phenoxy) is 1. The molecule has 0 unspecified atom stereocenters. The highest BCUT2D eigenvalue weighted by Gasteiger charge is 2.14. The van der Waals surface area contributed by atoms with Crippen molar-refractivity contribution in [2.75, 3.05) is 11.9 Å². The molecule has 0 heterocycles. The summed E-state index contributed by atoms with van der Waals surface area (Å²) in [6.07, 6.45) is 1.40. The maximum atomic E-state index is 12.4. The third-order valence-corrected chi connectivity index (χ3v) is 5.34. The Kier molecular flexibility index (Phi) is 8.12. The van der Waals surface area contributed by atoms with Crippen LogP contribution in [0.15, 0.2) is 40.4 Å². The molecule has 6 nitrogen and oxygen atoms in total. The van der Waals surface area contributed by atoms with E-state index in [1.165, 1.54) is 18.2 Å². The van der Waals surface area contributed by atoms with Gasteiger partial charge >= 0.3 is 5.97 Å². The lowest BCUT2D eigenvalue weighted by Gasteiger charge is -2.10. The van der Waals surface area contributed by atoms with Crippen molar-refractivity contribution in [2.45, 2.75) is 0 Å². The van der Waals surface area contributed by atoms with E-state index in [1.54, 1.807) is 18.2 Å². The lowest BCUT2D eigenvalue weighted by Crippen LogP contribution is -2.13. The fourth-order valence-electron chi connectivity index (χ4n) is 2.02. The lowest BCUT2D eigenvalue weighted by atomic mass is 10.1. The largest absolute Gasteiger partial charge is 0.480 e. The first-order chi connectivity index (χ1) is 13.2. The number of nitriles is 1.